The fourth-order valence-electron chi connectivity index (χ4n) is 3.02. The number of para-hydroxylation sites is 1. The Kier molecular flexibility index (Phi) is 5.26. The highest BCUT2D eigenvalue weighted by Crippen LogP contribution is 2.31. The van der Waals surface area contributed by atoms with Crippen molar-refractivity contribution in [2.75, 3.05) is 20.6 Å². The number of hydrogen-bond donors (Lipinski definition) is 1. The van der Waals surface area contributed by atoms with E-state index in [1.54, 1.807) is 36.9 Å². The predicted octanol–water partition coefficient (Wildman–Crippen LogP) is 0.993. The fraction of sp³-hybridized carbons (Fsp3) is 0.421. The second-order valence-corrected chi connectivity index (χ2v) is 10.0. The standard InChI is InChI=1S/C19H25N5O4S/c1-19(2,3)21-18(26)17-14-10-23(11-16(25)22(4)5)29(27,28)15-9-7-6-8-13(15)24(14)12-20-17/h6-9,12H,10-11H2,1-5H3,(H,21,26). The summed E-state index contributed by atoms with van der Waals surface area (Å²) in [5, 5.41) is 2.85. The van der Waals surface area contributed by atoms with Gasteiger partial charge in [0.05, 0.1) is 24.5 Å². The Hall–Kier alpha value is -2.72. The van der Waals surface area contributed by atoms with Crippen molar-refractivity contribution in [1.82, 2.24) is 24.1 Å². The van der Waals surface area contributed by atoms with Gasteiger partial charge >= 0.3 is 0 Å². The van der Waals surface area contributed by atoms with E-state index in [2.05, 4.69) is 10.3 Å². The Morgan fingerprint density at radius 2 is 1.86 bits per heavy atom. The van der Waals surface area contributed by atoms with Crippen molar-refractivity contribution in [2.24, 2.45) is 0 Å². The molecule has 0 saturated carbocycles. The van der Waals surface area contributed by atoms with E-state index in [9.17, 15) is 18.0 Å². The first-order valence-electron chi connectivity index (χ1n) is 9.10. The quantitative estimate of drug-likeness (QED) is 0.799. The first kappa shape index (κ1) is 21.0. The van der Waals surface area contributed by atoms with E-state index in [1.807, 2.05) is 20.8 Å². The molecule has 1 aromatic carbocycles. The molecule has 2 aromatic rings. The number of nitrogens with one attached hydrogen (secondary N) is 1. The third kappa shape index (κ3) is 4.03. The Balaban J connectivity index is 2.16. The second kappa shape index (κ2) is 7.27. The smallest absolute Gasteiger partial charge is 0.272 e. The Morgan fingerprint density at radius 3 is 2.48 bits per heavy atom. The molecule has 0 atom stereocenters. The van der Waals surface area contributed by atoms with E-state index < -0.39 is 21.5 Å². The number of benzene rings is 1. The fourth-order valence-corrected chi connectivity index (χ4v) is 4.55. The van der Waals surface area contributed by atoms with Crippen molar-refractivity contribution >= 4 is 21.8 Å². The summed E-state index contributed by atoms with van der Waals surface area (Å²) < 4.78 is 29.2. The number of nitrogens with zero attached hydrogens (tertiary/aromatic N) is 4. The summed E-state index contributed by atoms with van der Waals surface area (Å²) in [6.45, 7) is 5.06. The number of sulfonamides is 1. The van der Waals surface area contributed by atoms with Gasteiger partial charge in [-0.15, -0.1) is 0 Å². The number of rotatable bonds is 3. The summed E-state index contributed by atoms with van der Waals surface area (Å²) in [6.07, 6.45) is 1.44. The number of likely N-dealkylation sites (N-methyl/N-ethyl adjacent to an activating group) is 1. The Bertz CT molecular complexity index is 1070. The van der Waals surface area contributed by atoms with Crippen LogP contribution in [0.3, 0.4) is 0 Å². The molecule has 0 aliphatic carbocycles. The highest BCUT2D eigenvalue weighted by atomic mass is 32.2. The highest BCUT2D eigenvalue weighted by molar-refractivity contribution is 7.89. The predicted molar refractivity (Wildman–Crippen MR) is 107 cm³/mol. The molecule has 29 heavy (non-hydrogen) atoms. The van der Waals surface area contributed by atoms with Crippen molar-refractivity contribution in [1.29, 1.82) is 0 Å². The third-order valence-electron chi connectivity index (χ3n) is 4.45. The van der Waals surface area contributed by atoms with E-state index in [-0.39, 0.29) is 29.6 Å². The molecule has 3 rings (SSSR count). The first-order chi connectivity index (χ1) is 13.4. The van der Waals surface area contributed by atoms with Crippen LogP contribution in [-0.4, -0.2) is 65.2 Å². The SMILES string of the molecule is CN(C)C(=O)CN1Cc2c(C(=O)NC(C)(C)C)ncn2-c2ccccc2S1(=O)=O. The Morgan fingerprint density at radius 1 is 1.21 bits per heavy atom. The van der Waals surface area contributed by atoms with Gasteiger partial charge in [0.2, 0.25) is 15.9 Å². The molecule has 10 heteroatoms. The minimum absolute atomic E-state index is 0.0606. The average Bonchev–Trinajstić information content (AvgIpc) is 2.99. The van der Waals surface area contributed by atoms with Crippen LogP contribution in [0.15, 0.2) is 35.5 Å². The lowest BCUT2D eigenvalue weighted by Gasteiger charge is -2.22. The van der Waals surface area contributed by atoms with Gasteiger partial charge in [0, 0.05) is 19.6 Å². The monoisotopic (exact) mass is 419 g/mol. The average molecular weight is 420 g/mol. The van der Waals surface area contributed by atoms with E-state index in [0.29, 0.717) is 11.4 Å². The molecule has 1 aliphatic heterocycles. The van der Waals surface area contributed by atoms with Crippen LogP contribution in [-0.2, 0) is 21.4 Å². The first-order valence-corrected chi connectivity index (χ1v) is 10.5. The maximum atomic E-state index is 13.3. The second-order valence-electron chi connectivity index (χ2n) is 8.14. The van der Waals surface area contributed by atoms with Crippen LogP contribution in [0.1, 0.15) is 37.0 Å². The van der Waals surface area contributed by atoms with Crippen LogP contribution in [0.4, 0.5) is 0 Å². The number of hydrogen-bond acceptors (Lipinski definition) is 5. The number of imidazole rings is 1. The molecule has 0 bridgehead atoms. The maximum absolute atomic E-state index is 13.3. The van der Waals surface area contributed by atoms with Gasteiger partial charge in [-0.05, 0) is 32.9 Å². The maximum Gasteiger partial charge on any atom is 0.272 e. The zero-order chi connectivity index (χ0) is 21.6. The van der Waals surface area contributed by atoms with Gasteiger partial charge in [-0.1, -0.05) is 12.1 Å². The molecule has 156 valence electrons. The van der Waals surface area contributed by atoms with Gasteiger partial charge in [0.25, 0.3) is 5.91 Å². The molecular weight excluding hydrogens is 394 g/mol. The van der Waals surface area contributed by atoms with Crippen LogP contribution in [0.25, 0.3) is 5.69 Å². The highest BCUT2D eigenvalue weighted by Gasteiger charge is 2.36. The summed E-state index contributed by atoms with van der Waals surface area (Å²) in [5.41, 5.74) is 0.452. The van der Waals surface area contributed by atoms with Crippen LogP contribution in [0.2, 0.25) is 0 Å². The number of fused-ring (bicyclic) bond motifs is 3. The topological polar surface area (TPSA) is 105 Å². The number of aromatic nitrogens is 2. The lowest BCUT2D eigenvalue weighted by molar-refractivity contribution is -0.128. The van der Waals surface area contributed by atoms with Gasteiger partial charge in [-0.25, -0.2) is 13.4 Å². The molecular formula is C19H25N5O4S. The lowest BCUT2D eigenvalue weighted by atomic mass is 10.1. The molecule has 2 amide bonds. The molecule has 1 aliphatic rings. The molecule has 1 aromatic heterocycles. The van der Waals surface area contributed by atoms with Crippen molar-refractivity contribution in [3.05, 3.63) is 42.0 Å². The summed E-state index contributed by atoms with van der Waals surface area (Å²) in [6, 6.07) is 6.48. The van der Waals surface area contributed by atoms with Crippen LogP contribution >= 0.6 is 0 Å². The summed E-state index contributed by atoms with van der Waals surface area (Å²) >= 11 is 0. The third-order valence-corrected chi connectivity index (χ3v) is 6.29. The summed E-state index contributed by atoms with van der Waals surface area (Å²) in [7, 11) is -0.832. The Labute approximate surface area is 170 Å². The van der Waals surface area contributed by atoms with E-state index in [1.165, 1.54) is 17.3 Å². The van der Waals surface area contributed by atoms with Gasteiger partial charge in [-0.2, -0.15) is 4.31 Å². The van der Waals surface area contributed by atoms with Crippen molar-refractivity contribution in [2.45, 2.75) is 37.8 Å². The largest absolute Gasteiger partial charge is 0.348 e. The van der Waals surface area contributed by atoms with Crippen LogP contribution in [0, 0.1) is 0 Å². The van der Waals surface area contributed by atoms with Gasteiger partial charge in [-0.3, -0.25) is 14.2 Å². The van der Waals surface area contributed by atoms with Crippen molar-refractivity contribution < 1.29 is 18.0 Å². The zero-order valence-corrected chi connectivity index (χ0v) is 17.9. The van der Waals surface area contributed by atoms with E-state index in [4.69, 9.17) is 0 Å². The van der Waals surface area contributed by atoms with Crippen molar-refractivity contribution in [3.8, 4) is 5.69 Å². The summed E-state index contributed by atoms with van der Waals surface area (Å²) in [5.74, 6) is -0.762. The lowest BCUT2D eigenvalue weighted by Crippen LogP contribution is -2.42. The molecule has 0 saturated heterocycles. The minimum Gasteiger partial charge on any atom is -0.348 e. The van der Waals surface area contributed by atoms with Crippen molar-refractivity contribution in [3.63, 3.8) is 0 Å². The van der Waals surface area contributed by atoms with Gasteiger partial charge in [0.1, 0.15) is 11.2 Å². The zero-order valence-electron chi connectivity index (χ0n) is 17.1. The van der Waals surface area contributed by atoms with Gasteiger partial charge in [0.15, 0.2) is 5.69 Å². The molecule has 1 N–H and O–H groups in total. The molecule has 0 unspecified atom stereocenters. The van der Waals surface area contributed by atoms with Crippen LogP contribution < -0.4 is 5.32 Å². The van der Waals surface area contributed by atoms with Gasteiger partial charge < -0.3 is 10.2 Å². The number of carbonyl (C=O) groups excluding carboxylic acids is 2. The molecule has 2 heterocycles. The van der Waals surface area contributed by atoms with E-state index in [0.717, 1.165) is 4.31 Å². The molecule has 0 radical (unpaired) electrons. The molecule has 0 spiro atoms. The number of carbonyl (C=O) groups is 2. The molecule has 9 nitrogen and oxygen atoms in total. The summed E-state index contributed by atoms with van der Waals surface area (Å²) in [4.78, 5) is 30.7. The van der Waals surface area contributed by atoms with Crippen LogP contribution in [0.5, 0.6) is 0 Å². The number of amides is 2. The molecule has 0 fully saturated rings. The minimum atomic E-state index is -3.96. The van der Waals surface area contributed by atoms with E-state index >= 15 is 0 Å². The normalized spacial score (nSPS) is 15.8.